The van der Waals surface area contributed by atoms with Crippen LogP contribution in [0.2, 0.25) is 10.0 Å². The Bertz CT molecular complexity index is 1860. The first-order valence-electron chi connectivity index (χ1n) is 16.2. The number of aryl methyl sites for hydroxylation is 3. The highest BCUT2D eigenvalue weighted by molar-refractivity contribution is 7.92. The minimum absolute atomic E-state index is 0.0146. The number of amides is 2. The van der Waals surface area contributed by atoms with Crippen molar-refractivity contribution in [1.82, 2.24) is 10.2 Å². The van der Waals surface area contributed by atoms with Crippen LogP contribution in [0.4, 0.5) is 5.69 Å². The number of carbonyl (C=O) groups excluding carboxylic acids is 2. The number of hydrogen-bond acceptors (Lipinski definition) is 4. The van der Waals surface area contributed by atoms with Crippen molar-refractivity contribution in [2.45, 2.75) is 76.4 Å². The van der Waals surface area contributed by atoms with Crippen molar-refractivity contribution in [3.8, 4) is 0 Å². The molecule has 0 aromatic heterocycles. The lowest BCUT2D eigenvalue weighted by molar-refractivity contribution is -0.140. The van der Waals surface area contributed by atoms with Crippen LogP contribution in [-0.4, -0.2) is 43.8 Å². The van der Waals surface area contributed by atoms with Gasteiger partial charge in [0, 0.05) is 29.1 Å². The fraction of sp³-hybridized carbons (Fsp3) is 0.316. The van der Waals surface area contributed by atoms with Crippen molar-refractivity contribution in [3.05, 3.63) is 129 Å². The first-order chi connectivity index (χ1) is 22.9. The van der Waals surface area contributed by atoms with E-state index in [1.54, 1.807) is 54.6 Å². The smallest absolute Gasteiger partial charge is 0.264 e. The minimum Gasteiger partial charge on any atom is -0.352 e. The van der Waals surface area contributed by atoms with E-state index in [1.165, 1.54) is 4.90 Å². The Morgan fingerprint density at radius 3 is 2.19 bits per heavy atom. The van der Waals surface area contributed by atoms with Crippen LogP contribution in [0, 0.1) is 20.8 Å². The fourth-order valence-corrected chi connectivity index (χ4v) is 7.88. The summed E-state index contributed by atoms with van der Waals surface area (Å²) in [6, 6.07) is 25.4. The van der Waals surface area contributed by atoms with Gasteiger partial charge < -0.3 is 10.2 Å². The van der Waals surface area contributed by atoms with E-state index >= 15 is 0 Å². The van der Waals surface area contributed by atoms with Gasteiger partial charge in [0.2, 0.25) is 11.8 Å². The Morgan fingerprint density at radius 2 is 1.54 bits per heavy atom. The molecule has 0 radical (unpaired) electrons. The first-order valence-corrected chi connectivity index (χ1v) is 18.4. The largest absolute Gasteiger partial charge is 0.352 e. The monoisotopic (exact) mass is 705 g/mol. The molecule has 0 heterocycles. The van der Waals surface area contributed by atoms with E-state index in [9.17, 15) is 18.0 Å². The summed E-state index contributed by atoms with van der Waals surface area (Å²) in [5.74, 6) is -0.833. The lowest BCUT2D eigenvalue weighted by Crippen LogP contribution is -2.54. The third kappa shape index (κ3) is 8.59. The van der Waals surface area contributed by atoms with E-state index in [1.807, 2.05) is 57.2 Å². The molecule has 1 fully saturated rings. The molecular formula is C38H41Cl2N3O4S. The maximum atomic E-state index is 14.7. The van der Waals surface area contributed by atoms with Crippen molar-refractivity contribution in [1.29, 1.82) is 0 Å². The van der Waals surface area contributed by atoms with Crippen LogP contribution in [-0.2, 0) is 32.6 Å². The molecule has 1 saturated carbocycles. The molecule has 0 spiro atoms. The van der Waals surface area contributed by atoms with Gasteiger partial charge in [-0.05, 0) is 92.3 Å². The van der Waals surface area contributed by atoms with Crippen LogP contribution in [0.5, 0.6) is 0 Å². The second-order valence-electron chi connectivity index (χ2n) is 12.5. The predicted octanol–water partition coefficient (Wildman–Crippen LogP) is 7.81. The van der Waals surface area contributed by atoms with E-state index in [-0.39, 0.29) is 29.8 Å². The second kappa shape index (κ2) is 15.6. The lowest BCUT2D eigenvalue weighted by Gasteiger charge is -2.34. The van der Waals surface area contributed by atoms with Gasteiger partial charge >= 0.3 is 0 Å². The van der Waals surface area contributed by atoms with Crippen molar-refractivity contribution in [3.63, 3.8) is 0 Å². The van der Waals surface area contributed by atoms with Crippen molar-refractivity contribution < 1.29 is 18.0 Å². The molecule has 0 aliphatic heterocycles. The Morgan fingerprint density at radius 1 is 0.854 bits per heavy atom. The zero-order chi connectivity index (χ0) is 34.4. The molecule has 1 atom stereocenters. The van der Waals surface area contributed by atoms with Gasteiger partial charge in [-0.1, -0.05) is 96.2 Å². The van der Waals surface area contributed by atoms with Crippen molar-refractivity contribution in [2.24, 2.45) is 0 Å². The summed E-state index contributed by atoms with van der Waals surface area (Å²) in [5, 5.41) is 3.96. The van der Waals surface area contributed by atoms with Crippen LogP contribution in [0.25, 0.3) is 0 Å². The summed E-state index contributed by atoms with van der Waals surface area (Å²) in [7, 11) is -4.20. The van der Waals surface area contributed by atoms with Gasteiger partial charge in [0.15, 0.2) is 0 Å². The third-order valence-electron chi connectivity index (χ3n) is 8.99. The average molecular weight is 707 g/mol. The van der Waals surface area contributed by atoms with Crippen LogP contribution in [0.15, 0.2) is 95.9 Å². The number of halogens is 2. The van der Waals surface area contributed by atoms with E-state index in [4.69, 9.17) is 23.2 Å². The SMILES string of the molecule is Cc1ccc(S(=O)(=O)N(CC(=O)N(Cc2ccc(Cl)cc2Cl)[C@@H](Cc2ccccc2)C(=O)NC2CCCC2)c2ccc(C)c(C)c2)cc1. The van der Waals surface area contributed by atoms with Crippen molar-refractivity contribution in [2.75, 3.05) is 10.8 Å². The summed E-state index contributed by atoms with van der Waals surface area (Å²) >= 11 is 12.8. The number of nitrogens with zero attached hydrogens (tertiary/aromatic N) is 2. The van der Waals surface area contributed by atoms with E-state index in [0.29, 0.717) is 21.3 Å². The van der Waals surface area contributed by atoms with Gasteiger partial charge in [0.1, 0.15) is 12.6 Å². The molecule has 0 bridgehead atoms. The highest BCUT2D eigenvalue weighted by Crippen LogP contribution is 2.29. The maximum absolute atomic E-state index is 14.7. The molecule has 10 heteroatoms. The third-order valence-corrected chi connectivity index (χ3v) is 11.4. The summed E-state index contributed by atoms with van der Waals surface area (Å²) in [5.41, 5.74) is 4.58. The highest BCUT2D eigenvalue weighted by Gasteiger charge is 2.36. The zero-order valence-electron chi connectivity index (χ0n) is 27.5. The standard InChI is InChI=1S/C38H41Cl2N3O4S/c1-26-13-19-34(20-14-26)48(46,47)43(33-18-15-27(2)28(3)21-33)25-37(44)42(24-30-16-17-31(39)23-35(30)40)36(22-29-9-5-4-6-10-29)38(45)41-32-11-7-8-12-32/h4-6,9-10,13-21,23,32,36H,7-8,11-12,22,24-25H2,1-3H3,(H,41,45)/t36-/m0/s1. The lowest BCUT2D eigenvalue weighted by atomic mass is 10.0. The fourth-order valence-electron chi connectivity index (χ4n) is 6.00. The van der Waals surface area contributed by atoms with E-state index < -0.39 is 28.5 Å². The normalized spacial score (nSPS) is 14.0. The first kappa shape index (κ1) is 35.5. The highest BCUT2D eigenvalue weighted by atomic mass is 35.5. The van der Waals surface area contributed by atoms with Crippen LogP contribution >= 0.6 is 23.2 Å². The van der Waals surface area contributed by atoms with Crippen LogP contribution < -0.4 is 9.62 Å². The molecule has 2 amide bonds. The number of hydrogen-bond donors (Lipinski definition) is 1. The molecule has 0 saturated heterocycles. The number of carbonyl (C=O) groups is 2. The second-order valence-corrected chi connectivity index (χ2v) is 15.3. The van der Waals surface area contributed by atoms with Crippen LogP contribution in [0.3, 0.4) is 0 Å². The molecular weight excluding hydrogens is 665 g/mol. The Hall–Kier alpha value is -3.85. The van der Waals surface area contributed by atoms with E-state index in [2.05, 4.69) is 5.32 Å². The topological polar surface area (TPSA) is 86.8 Å². The number of sulfonamides is 1. The summed E-state index contributed by atoms with van der Waals surface area (Å²) in [6.07, 6.45) is 4.02. The molecule has 7 nitrogen and oxygen atoms in total. The van der Waals surface area contributed by atoms with Gasteiger partial charge in [-0.25, -0.2) is 8.42 Å². The molecule has 1 aliphatic rings. The average Bonchev–Trinajstić information content (AvgIpc) is 3.57. The van der Waals surface area contributed by atoms with Crippen LogP contribution in [0.1, 0.15) is 53.5 Å². The molecule has 252 valence electrons. The van der Waals surface area contributed by atoms with Gasteiger partial charge in [0.05, 0.1) is 10.6 Å². The molecule has 4 aromatic carbocycles. The molecule has 1 N–H and O–H groups in total. The van der Waals surface area contributed by atoms with Crippen molar-refractivity contribution >= 4 is 50.7 Å². The Balaban J connectivity index is 1.59. The maximum Gasteiger partial charge on any atom is 0.264 e. The molecule has 1 aliphatic carbocycles. The predicted molar refractivity (Wildman–Crippen MR) is 193 cm³/mol. The summed E-state index contributed by atoms with van der Waals surface area (Å²) < 4.78 is 29.8. The Kier molecular flexibility index (Phi) is 11.5. The molecule has 4 aromatic rings. The van der Waals surface area contributed by atoms with E-state index in [0.717, 1.165) is 52.2 Å². The van der Waals surface area contributed by atoms with Gasteiger partial charge in [-0.3, -0.25) is 13.9 Å². The molecule has 48 heavy (non-hydrogen) atoms. The number of anilines is 1. The quantitative estimate of drug-likeness (QED) is 0.163. The number of benzene rings is 4. The summed E-state index contributed by atoms with van der Waals surface area (Å²) in [6.45, 7) is 5.15. The Labute approximate surface area is 293 Å². The van der Waals surface area contributed by atoms with Gasteiger partial charge in [-0.15, -0.1) is 0 Å². The number of rotatable bonds is 12. The molecule has 0 unspecified atom stereocenters. The number of nitrogens with one attached hydrogen (secondary N) is 1. The summed E-state index contributed by atoms with van der Waals surface area (Å²) in [4.78, 5) is 30.4. The molecule has 5 rings (SSSR count). The minimum atomic E-state index is -4.20. The van der Waals surface area contributed by atoms with Gasteiger partial charge in [-0.2, -0.15) is 0 Å². The zero-order valence-corrected chi connectivity index (χ0v) is 29.8. The van der Waals surface area contributed by atoms with Gasteiger partial charge in [0.25, 0.3) is 10.0 Å².